The highest BCUT2D eigenvalue weighted by atomic mass is 79.9. The van der Waals surface area contributed by atoms with Gasteiger partial charge in [-0.3, -0.25) is 4.79 Å². The normalized spacial score (nSPS) is 17.0. The van der Waals surface area contributed by atoms with Gasteiger partial charge in [0.15, 0.2) is 0 Å². The van der Waals surface area contributed by atoms with E-state index in [0.717, 1.165) is 30.1 Å². The molecule has 0 aromatic heterocycles. The van der Waals surface area contributed by atoms with Crippen molar-refractivity contribution in [1.82, 2.24) is 0 Å². The summed E-state index contributed by atoms with van der Waals surface area (Å²) in [7, 11) is 0. The van der Waals surface area contributed by atoms with E-state index in [2.05, 4.69) is 21.2 Å². The second kappa shape index (κ2) is 8.14. The van der Waals surface area contributed by atoms with Crippen LogP contribution in [0.1, 0.15) is 23.2 Å². The predicted molar refractivity (Wildman–Crippen MR) is 98.2 cm³/mol. The highest BCUT2D eigenvalue weighted by Crippen LogP contribution is 2.28. The molecule has 6 heteroatoms. The highest BCUT2D eigenvalue weighted by molar-refractivity contribution is 9.10. The summed E-state index contributed by atoms with van der Waals surface area (Å²) in [6.07, 6.45) is 2.40. The van der Waals surface area contributed by atoms with Crippen molar-refractivity contribution in [1.29, 1.82) is 0 Å². The van der Waals surface area contributed by atoms with Crippen LogP contribution in [0.25, 0.3) is 0 Å². The van der Waals surface area contributed by atoms with Gasteiger partial charge in [0.1, 0.15) is 5.82 Å². The topological polar surface area (TPSA) is 38.3 Å². The van der Waals surface area contributed by atoms with Crippen LogP contribution >= 0.6 is 27.7 Å². The Labute approximate surface area is 153 Å². The van der Waals surface area contributed by atoms with Gasteiger partial charge in [0.05, 0.1) is 17.4 Å². The highest BCUT2D eigenvalue weighted by Gasteiger charge is 2.18. The first kappa shape index (κ1) is 17.5. The van der Waals surface area contributed by atoms with E-state index in [1.807, 2.05) is 18.2 Å². The van der Waals surface area contributed by atoms with Crippen LogP contribution in [0, 0.1) is 5.82 Å². The Morgan fingerprint density at radius 1 is 1.33 bits per heavy atom. The van der Waals surface area contributed by atoms with E-state index in [9.17, 15) is 9.18 Å². The first-order valence-corrected chi connectivity index (χ1v) is 9.51. The number of nitrogens with one attached hydrogen (secondary N) is 1. The van der Waals surface area contributed by atoms with Crippen molar-refractivity contribution in [2.24, 2.45) is 0 Å². The molecule has 3 rings (SSSR count). The molecule has 0 bridgehead atoms. The fraction of sp³-hybridized carbons (Fsp3) is 0.278. The Bertz CT molecular complexity index is 735. The molecule has 1 heterocycles. The molecule has 1 amide bonds. The van der Waals surface area contributed by atoms with Crippen LogP contribution in [0.2, 0.25) is 0 Å². The van der Waals surface area contributed by atoms with Crippen LogP contribution in [-0.2, 0) is 4.74 Å². The zero-order chi connectivity index (χ0) is 16.9. The number of benzene rings is 2. The quantitative estimate of drug-likeness (QED) is 0.697. The van der Waals surface area contributed by atoms with Crippen molar-refractivity contribution < 1.29 is 13.9 Å². The summed E-state index contributed by atoms with van der Waals surface area (Å²) in [6, 6.07) is 11.9. The molecule has 1 fully saturated rings. The monoisotopic (exact) mass is 409 g/mol. The molecule has 1 N–H and O–H groups in total. The van der Waals surface area contributed by atoms with Crippen molar-refractivity contribution in [3.05, 3.63) is 58.3 Å². The van der Waals surface area contributed by atoms with Crippen molar-refractivity contribution in [2.45, 2.75) is 23.8 Å². The lowest BCUT2D eigenvalue weighted by molar-refractivity contribution is 0.102. The summed E-state index contributed by atoms with van der Waals surface area (Å²) in [5.41, 5.74) is 0.713. The summed E-state index contributed by atoms with van der Waals surface area (Å²) in [5.74, 6) is 0.0330. The van der Waals surface area contributed by atoms with E-state index < -0.39 is 5.82 Å². The average molecular weight is 410 g/mol. The van der Waals surface area contributed by atoms with Gasteiger partial charge in [0, 0.05) is 21.7 Å². The summed E-state index contributed by atoms with van der Waals surface area (Å²) in [6.45, 7) is 0.816. The van der Waals surface area contributed by atoms with Gasteiger partial charge in [0.2, 0.25) is 0 Å². The smallest absolute Gasteiger partial charge is 0.256 e. The van der Waals surface area contributed by atoms with E-state index in [1.165, 1.54) is 6.07 Å². The maximum absolute atomic E-state index is 13.9. The average Bonchev–Trinajstić information content (AvgIpc) is 3.09. The molecule has 1 atom stereocenters. The van der Waals surface area contributed by atoms with Crippen LogP contribution in [0.3, 0.4) is 0 Å². The number of amides is 1. The maximum Gasteiger partial charge on any atom is 0.256 e. The molecular formula is C18H17BrFNO2S. The fourth-order valence-corrected chi connectivity index (χ4v) is 3.97. The minimum absolute atomic E-state index is 0.169. The number of rotatable bonds is 5. The van der Waals surface area contributed by atoms with E-state index in [-0.39, 0.29) is 17.7 Å². The van der Waals surface area contributed by atoms with Gasteiger partial charge in [-0.15, -0.1) is 11.8 Å². The predicted octanol–water partition coefficient (Wildman–Crippen LogP) is 5.11. The number of carbonyl (C=O) groups is 1. The third kappa shape index (κ3) is 4.37. The van der Waals surface area contributed by atoms with Crippen LogP contribution in [0.5, 0.6) is 0 Å². The Morgan fingerprint density at radius 3 is 2.92 bits per heavy atom. The summed E-state index contributed by atoms with van der Waals surface area (Å²) < 4.78 is 20.2. The third-order valence-electron chi connectivity index (χ3n) is 3.76. The van der Waals surface area contributed by atoms with Gasteiger partial charge >= 0.3 is 0 Å². The number of hydrogen-bond donors (Lipinski definition) is 1. The standard InChI is InChI=1S/C18H17BrFNO2S/c19-12-7-8-16(15(20)10-12)21-18(22)14-5-1-2-6-17(14)24-11-13-4-3-9-23-13/h1-2,5-8,10,13H,3-4,9,11H2,(H,21,22). The van der Waals surface area contributed by atoms with Gasteiger partial charge in [-0.25, -0.2) is 4.39 Å². The van der Waals surface area contributed by atoms with Crippen LogP contribution < -0.4 is 5.32 Å². The fourth-order valence-electron chi connectivity index (χ4n) is 2.52. The van der Waals surface area contributed by atoms with Gasteiger partial charge in [-0.2, -0.15) is 0 Å². The number of thioether (sulfide) groups is 1. The van der Waals surface area contributed by atoms with E-state index in [0.29, 0.717) is 10.0 Å². The van der Waals surface area contributed by atoms with Crippen LogP contribution in [0.15, 0.2) is 51.8 Å². The molecule has 126 valence electrons. The van der Waals surface area contributed by atoms with Gasteiger partial charge < -0.3 is 10.1 Å². The number of carbonyl (C=O) groups excluding carboxylic acids is 1. The number of ether oxygens (including phenoxy) is 1. The van der Waals surface area contributed by atoms with Crippen molar-refractivity contribution >= 4 is 39.3 Å². The maximum atomic E-state index is 13.9. The molecule has 24 heavy (non-hydrogen) atoms. The SMILES string of the molecule is O=C(Nc1ccc(Br)cc1F)c1ccccc1SCC1CCCO1. The summed E-state index contributed by atoms with van der Waals surface area (Å²) in [5, 5.41) is 2.64. The first-order chi connectivity index (χ1) is 11.6. The van der Waals surface area contributed by atoms with Crippen LogP contribution in [0.4, 0.5) is 10.1 Å². The lowest BCUT2D eigenvalue weighted by Crippen LogP contribution is -2.15. The van der Waals surface area contributed by atoms with E-state index >= 15 is 0 Å². The van der Waals surface area contributed by atoms with Crippen LogP contribution in [-0.4, -0.2) is 24.4 Å². The molecule has 0 radical (unpaired) electrons. The molecule has 0 aliphatic carbocycles. The molecule has 1 aliphatic heterocycles. The lowest BCUT2D eigenvalue weighted by Gasteiger charge is -2.13. The first-order valence-electron chi connectivity index (χ1n) is 7.73. The lowest BCUT2D eigenvalue weighted by atomic mass is 10.2. The van der Waals surface area contributed by atoms with Gasteiger partial charge in [-0.1, -0.05) is 28.1 Å². The van der Waals surface area contributed by atoms with E-state index in [4.69, 9.17) is 4.74 Å². The molecule has 2 aromatic rings. The number of hydrogen-bond acceptors (Lipinski definition) is 3. The minimum atomic E-state index is -0.470. The van der Waals surface area contributed by atoms with Gasteiger partial charge in [0.25, 0.3) is 5.91 Å². The van der Waals surface area contributed by atoms with Crippen molar-refractivity contribution in [3.63, 3.8) is 0 Å². The van der Waals surface area contributed by atoms with Crippen molar-refractivity contribution in [3.8, 4) is 0 Å². The number of anilines is 1. The minimum Gasteiger partial charge on any atom is -0.377 e. The molecule has 3 nitrogen and oxygen atoms in total. The zero-order valence-electron chi connectivity index (χ0n) is 12.9. The molecular weight excluding hydrogens is 393 g/mol. The Kier molecular flexibility index (Phi) is 5.92. The van der Waals surface area contributed by atoms with E-state index in [1.54, 1.807) is 30.0 Å². The molecule has 1 unspecified atom stereocenters. The molecule has 0 spiro atoms. The largest absolute Gasteiger partial charge is 0.377 e. The molecule has 1 aliphatic rings. The molecule has 2 aromatic carbocycles. The Balaban J connectivity index is 1.72. The molecule has 0 saturated carbocycles. The zero-order valence-corrected chi connectivity index (χ0v) is 15.3. The second-order valence-corrected chi connectivity index (χ2v) is 7.50. The Morgan fingerprint density at radius 2 is 2.17 bits per heavy atom. The van der Waals surface area contributed by atoms with Gasteiger partial charge in [-0.05, 0) is 43.2 Å². The van der Waals surface area contributed by atoms with Crippen molar-refractivity contribution in [2.75, 3.05) is 17.7 Å². The number of halogens is 2. The summed E-state index contributed by atoms with van der Waals surface area (Å²) in [4.78, 5) is 13.4. The summed E-state index contributed by atoms with van der Waals surface area (Å²) >= 11 is 4.81. The third-order valence-corrected chi connectivity index (χ3v) is 5.46. The second-order valence-electron chi connectivity index (χ2n) is 5.52. The Hall–Kier alpha value is -1.37. The molecule has 1 saturated heterocycles.